The molecule has 2 N–H and O–H groups in total. The minimum absolute atomic E-state index is 0.385. The quantitative estimate of drug-likeness (QED) is 0.839. The van der Waals surface area contributed by atoms with Gasteiger partial charge in [0.1, 0.15) is 12.1 Å². The Kier molecular flexibility index (Phi) is 2.74. The van der Waals surface area contributed by atoms with E-state index in [-0.39, 0.29) is 0 Å². The lowest BCUT2D eigenvalue weighted by Crippen LogP contribution is -2.47. The third kappa shape index (κ3) is 1.90. The summed E-state index contributed by atoms with van der Waals surface area (Å²) in [4.78, 5) is 11.2. The molecule has 0 saturated carbocycles. The van der Waals surface area contributed by atoms with Crippen molar-refractivity contribution in [2.45, 2.75) is 57.2 Å². The Labute approximate surface area is 102 Å². The van der Waals surface area contributed by atoms with Gasteiger partial charge >= 0.3 is 0 Å². The van der Waals surface area contributed by atoms with E-state index in [1.165, 1.54) is 12.8 Å². The molecule has 1 aromatic rings. The largest absolute Gasteiger partial charge is 0.350 e. The molecule has 0 radical (unpaired) electrons. The van der Waals surface area contributed by atoms with Crippen LogP contribution in [0.2, 0.25) is 0 Å². The van der Waals surface area contributed by atoms with E-state index in [1.807, 2.05) is 0 Å². The van der Waals surface area contributed by atoms with Crippen molar-refractivity contribution in [1.29, 1.82) is 0 Å². The van der Waals surface area contributed by atoms with Crippen LogP contribution in [-0.4, -0.2) is 28.1 Å². The molecule has 4 heteroatoms. The van der Waals surface area contributed by atoms with Gasteiger partial charge in [-0.1, -0.05) is 6.92 Å². The van der Waals surface area contributed by atoms with E-state index >= 15 is 0 Å². The molecule has 92 valence electrons. The van der Waals surface area contributed by atoms with Crippen LogP contribution in [0.15, 0.2) is 12.4 Å². The number of anilines is 1. The zero-order chi connectivity index (χ0) is 11.8. The number of nitrogens with zero attached hydrogens (tertiary/aromatic N) is 3. The van der Waals surface area contributed by atoms with E-state index in [4.69, 9.17) is 5.73 Å². The summed E-state index contributed by atoms with van der Waals surface area (Å²) < 4.78 is 0. The summed E-state index contributed by atoms with van der Waals surface area (Å²) in [7, 11) is 0. The fraction of sp³-hybridized carbons (Fsp3) is 0.692. The molecule has 17 heavy (non-hydrogen) atoms. The number of aryl methyl sites for hydroxylation is 1. The number of fused-ring (bicyclic) bond motifs is 2. The zero-order valence-corrected chi connectivity index (χ0v) is 10.3. The molecule has 2 saturated heterocycles. The number of piperidine rings is 1. The maximum Gasteiger partial charge on any atom is 0.132 e. The predicted octanol–water partition coefficient (Wildman–Crippen LogP) is 1.50. The normalized spacial score (nSPS) is 31.9. The molecule has 0 spiro atoms. The van der Waals surface area contributed by atoms with E-state index in [1.54, 1.807) is 6.33 Å². The number of aromatic nitrogens is 2. The molecule has 0 aromatic carbocycles. The van der Waals surface area contributed by atoms with Gasteiger partial charge < -0.3 is 10.6 Å². The summed E-state index contributed by atoms with van der Waals surface area (Å²) in [5.74, 6) is 1.11. The molecule has 1 aromatic heterocycles. The van der Waals surface area contributed by atoms with Gasteiger partial charge in [0, 0.05) is 29.9 Å². The molecule has 0 amide bonds. The van der Waals surface area contributed by atoms with Gasteiger partial charge in [0.15, 0.2) is 0 Å². The Hall–Kier alpha value is -1.16. The Balaban J connectivity index is 1.89. The maximum absolute atomic E-state index is 6.09. The summed E-state index contributed by atoms with van der Waals surface area (Å²) in [5, 5.41) is 0. The number of hydrogen-bond acceptors (Lipinski definition) is 4. The highest BCUT2D eigenvalue weighted by molar-refractivity contribution is 5.44. The van der Waals surface area contributed by atoms with Crippen molar-refractivity contribution in [2.75, 3.05) is 4.90 Å². The van der Waals surface area contributed by atoms with Crippen LogP contribution >= 0.6 is 0 Å². The second-order valence-electron chi connectivity index (χ2n) is 5.24. The summed E-state index contributed by atoms with van der Waals surface area (Å²) in [6, 6.07) is 3.73. The number of nitrogens with two attached hydrogens (primary N) is 1. The third-order valence-electron chi connectivity index (χ3n) is 4.11. The van der Waals surface area contributed by atoms with Crippen LogP contribution in [0.4, 0.5) is 5.82 Å². The first-order valence-electron chi connectivity index (χ1n) is 6.62. The van der Waals surface area contributed by atoms with Crippen LogP contribution < -0.4 is 10.6 Å². The molecule has 2 aliphatic heterocycles. The van der Waals surface area contributed by atoms with E-state index in [9.17, 15) is 0 Å². The van der Waals surface area contributed by atoms with Gasteiger partial charge in [-0.3, -0.25) is 0 Å². The lowest BCUT2D eigenvalue weighted by molar-refractivity contribution is 0.412. The van der Waals surface area contributed by atoms with Crippen molar-refractivity contribution >= 4 is 5.82 Å². The molecule has 2 fully saturated rings. The highest BCUT2D eigenvalue weighted by atomic mass is 15.3. The second-order valence-corrected chi connectivity index (χ2v) is 5.24. The average molecular weight is 232 g/mol. The van der Waals surface area contributed by atoms with Gasteiger partial charge in [-0.15, -0.1) is 0 Å². The number of rotatable bonds is 2. The van der Waals surface area contributed by atoms with Crippen LogP contribution in [0, 0.1) is 0 Å². The minimum atomic E-state index is 0.385. The average Bonchev–Trinajstić information content (AvgIpc) is 2.62. The topological polar surface area (TPSA) is 55.0 Å². The molecule has 4 nitrogen and oxygen atoms in total. The first-order valence-corrected chi connectivity index (χ1v) is 6.62. The van der Waals surface area contributed by atoms with Crippen LogP contribution in [0.5, 0.6) is 0 Å². The highest BCUT2D eigenvalue weighted by Gasteiger charge is 2.40. The van der Waals surface area contributed by atoms with Crippen molar-refractivity contribution < 1.29 is 0 Å². The van der Waals surface area contributed by atoms with Crippen LogP contribution in [0.3, 0.4) is 0 Å². The van der Waals surface area contributed by atoms with Gasteiger partial charge in [-0.05, 0) is 32.1 Å². The lowest BCUT2D eigenvalue weighted by atomic mass is 9.98. The second kappa shape index (κ2) is 4.26. The maximum atomic E-state index is 6.09. The fourth-order valence-electron chi connectivity index (χ4n) is 3.31. The predicted molar refractivity (Wildman–Crippen MR) is 67.9 cm³/mol. The monoisotopic (exact) mass is 232 g/mol. The standard InChI is InChI=1S/C13H20N4/c1-2-10-7-13(16-8-15-10)17-11-3-4-12(17)6-9(14)5-11/h7-9,11-12H,2-6,14H2,1H3. The van der Waals surface area contributed by atoms with Crippen molar-refractivity contribution in [1.82, 2.24) is 9.97 Å². The SMILES string of the molecule is CCc1cc(N2C3CCC2CC(N)C3)ncn1. The number of hydrogen-bond donors (Lipinski definition) is 1. The van der Waals surface area contributed by atoms with Gasteiger partial charge in [0.2, 0.25) is 0 Å². The fourth-order valence-corrected chi connectivity index (χ4v) is 3.31. The van der Waals surface area contributed by atoms with E-state index < -0.39 is 0 Å². The lowest BCUT2D eigenvalue weighted by Gasteiger charge is -2.38. The van der Waals surface area contributed by atoms with E-state index in [2.05, 4.69) is 27.9 Å². The molecule has 2 unspecified atom stereocenters. The van der Waals surface area contributed by atoms with Crippen LogP contribution in [-0.2, 0) is 6.42 Å². The molecular formula is C13H20N4. The first kappa shape index (κ1) is 11.0. The van der Waals surface area contributed by atoms with E-state index in [0.717, 1.165) is 30.8 Å². The van der Waals surface area contributed by atoms with E-state index in [0.29, 0.717) is 18.1 Å². The Morgan fingerprint density at radius 3 is 2.65 bits per heavy atom. The van der Waals surface area contributed by atoms with Gasteiger partial charge in [-0.25, -0.2) is 9.97 Å². The molecule has 2 aliphatic rings. The summed E-state index contributed by atoms with van der Waals surface area (Å²) in [5.41, 5.74) is 7.22. The van der Waals surface area contributed by atoms with Crippen molar-refractivity contribution in [3.05, 3.63) is 18.1 Å². The first-order chi connectivity index (χ1) is 8.28. The van der Waals surface area contributed by atoms with Crippen LogP contribution in [0.1, 0.15) is 38.3 Å². The summed E-state index contributed by atoms with van der Waals surface area (Å²) >= 11 is 0. The molecular weight excluding hydrogens is 212 g/mol. The smallest absolute Gasteiger partial charge is 0.132 e. The van der Waals surface area contributed by atoms with Crippen molar-refractivity contribution in [3.63, 3.8) is 0 Å². The third-order valence-corrected chi connectivity index (χ3v) is 4.11. The molecule has 2 bridgehead atoms. The zero-order valence-electron chi connectivity index (χ0n) is 10.3. The highest BCUT2D eigenvalue weighted by Crippen LogP contribution is 2.37. The molecule has 3 heterocycles. The van der Waals surface area contributed by atoms with Gasteiger partial charge in [-0.2, -0.15) is 0 Å². The molecule has 2 atom stereocenters. The molecule has 0 aliphatic carbocycles. The summed E-state index contributed by atoms with van der Waals surface area (Å²) in [6.45, 7) is 2.13. The van der Waals surface area contributed by atoms with Crippen molar-refractivity contribution in [2.24, 2.45) is 5.73 Å². The Morgan fingerprint density at radius 1 is 1.29 bits per heavy atom. The van der Waals surface area contributed by atoms with Gasteiger partial charge in [0.05, 0.1) is 0 Å². The van der Waals surface area contributed by atoms with Gasteiger partial charge in [0.25, 0.3) is 0 Å². The Morgan fingerprint density at radius 2 is 2.00 bits per heavy atom. The van der Waals surface area contributed by atoms with Crippen molar-refractivity contribution in [3.8, 4) is 0 Å². The minimum Gasteiger partial charge on any atom is -0.350 e. The van der Waals surface area contributed by atoms with Crippen LogP contribution in [0.25, 0.3) is 0 Å². The summed E-state index contributed by atoms with van der Waals surface area (Å²) in [6.07, 6.45) is 7.43. The Bertz CT molecular complexity index is 392. The molecule has 3 rings (SSSR count).